The monoisotopic (exact) mass is 325 g/mol. The lowest BCUT2D eigenvalue weighted by Crippen LogP contribution is -2.26. The molecule has 1 aromatic carbocycles. The van der Waals surface area contributed by atoms with Gasteiger partial charge in [-0.3, -0.25) is 14.9 Å². The van der Waals surface area contributed by atoms with Crippen LogP contribution >= 0.6 is 22.9 Å². The highest BCUT2D eigenvalue weighted by molar-refractivity contribution is 7.09. The van der Waals surface area contributed by atoms with Crippen LogP contribution in [0.3, 0.4) is 0 Å². The molecular weight excluding hydrogens is 314 g/mol. The second kappa shape index (κ2) is 6.19. The smallest absolute Gasteiger partial charge is 0.282 e. The first-order chi connectivity index (χ1) is 9.90. The summed E-state index contributed by atoms with van der Waals surface area (Å²) in [5.41, 5.74) is 2.28. The number of benzene rings is 1. The van der Waals surface area contributed by atoms with E-state index in [0.29, 0.717) is 6.54 Å². The Morgan fingerprint density at radius 2 is 2.24 bits per heavy atom. The summed E-state index contributed by atoms with van der Waals surface area (Å²) in [6.45, 7) is 2.20. The average molecular weight is 326 g/mol. The first-order valence-electron chi connectivity index (χ1n) is 5.98. The standard InChI is InChI=1S/C13H12ClN3O3S/c1-8-12(21-7-15-8)6-16(2)13(18)10-5-9(14)3-4-11(10)17(19)20/h3-5,7H,6H2,1-2H3. The lowest BCUT2D eigenvalue weighted by Gasteiger charge is -2.16. The van der Waals surface area contributed by atoms with Crippen molar-refractivity contribution < 1.29 is 9.72 Å². The Hall–Kier alpha value is -1.99. The van der Waals surface area contributed by atoms with Crippen LogP contribution in [0.15, 0.2) is 23.7 Å². The van der Waals surface area contributed by atoms with E-state index in [-0.39, 0.29) is 16.3 Å². The van der Waals surface area contributed by atoms with E-state index in [4.69, 9.17) is 11.6 Å². The van der Waals surface area contributed by atoms with Crippen LogP contribution in [0.2, 0.25) is 5.02 Å². The van der Waals surface area contributed by atoms with Crippen molar-refractivity contribution >= 4 is 34.5 Å². The topological polar surface area (TPSA) is 76.3 Å². The molecule has 0 radical (unpaired) electrons. The molecule has 0 saturated heterocycles. The minimum atomic E-state index is -0.588. The molecule has 6 nitrogen and oxygen atoms in total. The second-order valence-corrected chi connectivity index (χ2v) is 5.82. The molecule has 0 saturated carbocycles. The largest absolute Gasteiger partial charge is 0.336 e. The normalized spacial score (nSPS) is 10.4. The van der Waals surface area contributed by atoms with Gasteiger partial charge in [0.05, 0.1) is 22.7 Å². The molecule has 110 valence electrons. The number of thiazole rings is 1. The zero-order valence-electron chi connectivity index (χ0n) is 11.4. The molecule has 1 amide bonds. The molecule has 2 aromatic rings. The quantitative estimate of drug-likeness (QED) is 0.638. The maximum Gasteiger partial charge on any atom is 0.282 e. The van der Waals surface area contributed by atoms with Crippen molar-refractivity contribution in [3.05, 3.63) is 55.0 Å². The Morgan fingerprint density at radius 3 is 2.81 bits per heavy atom. The molecule has 21 heavy (non-hydrogen) atoms. The number of carbonyl (C=O) groups excluding carboxylic acids is 1. The third kappa shape index (κ3) is 3.37. The van der Waals surface area contributed by atoms with Crippen LogP contribution in [0.4, 0.5) is 5.69 Å². The summed E-state index contributed by atoms with van der Waals surface area (Å²) in [6, 6.07) is 3.95. The molecule has 1 heterocycles. The van der Waals surface area contributed by atoms with E-state index in [2.05, 4.69) is 4.98 Å². The second-order valence-electron chi connectivity index (χ2n) is 4.44. The lowest BCUT2D eigenvalue weighted by molar-refractivity contribution is -0.385. The van der Waals surface area contributed by atoms with Crippen LogP contribution in [-0.2, 0) is 6.54 Å². The average Bonchev–Trinajstić information content (AvgIpc) is 2.83. The number of amides is 1. The van der Waals surface area contributed by atoms with Gasteiger partial charge in [-0.2, -0.15) is 0 Å². The third-order valence-electron chi connectivity index (χ3n) is 2.96. The number of nitrogens with zero attached hydrogens (tertiary/aromatic N) is 3. The SMILES string of the molecule is Cc1ncsc1CN(C)C(=O)c1cc(Cl)ccc1[N+](=O)[O-]. The van der Waals surface area contributed by atoms with Crippen molar-refractivity contribution in [3.63, 3.8) is 0 Å². The Morgan fingerprint density at radius 1 is 1.52 bits per heavy atom. The van der Waals surface area contributed by atoms with E-state index in [9.17, 15) is 14.9 Å². The lowest BCUT2D eigenvalue weighted by atomic mass is 10.1. The molecule has 0 atom stereocenters. The van der Waals surface area contributed by atoms with Gasteiger partial charge in [-0.25, -0.2) is 4.98 Å². The molecule has 0 N–H and O–H groups in total. The van der Waals surface area contributed by atoms with Crippen molar-refractivity contribution in [2.45, 2.75) is 13.5 Å². The van der Waals surface area contributed by atoms with Crippen molar-refractivity contribution in [3.8, 4) is 0 Å². The molecule has 2 rings (SSSR count). The molecule has 0 aliphatic heterocycles. The van der Waals surface area contributed by atoms with E-state index in [0.717, 1.165) is 10.6 Å². The van der Waals surface area contributed by atoms with E-state index in [1.165, 1.54) is 34.4 Å². The highest BCUT2D eigenvalue weighted by Gasteiger charge is 2.23. The molecular formula is C13H12ClN3O3S. The highest BCUT2D eigenvalue weighted by atomic mass is 35.5. The number of nitro groups is 1. The number of hydrogen-bond acceptors (Lipinski definition) is 5. The summed E-state index contributed by atoms with van der Waals surface area (Å²) in [7, 11) is 1.59. The molecule has 0 bridgehead atoms. The van der Waals surface area contributed by atoms with Crippen LogP contribution < -0.4 is 0 Å². The van der Waals surface area contributed by atoms with Gasteiger partial charge in [0.2, 0.25) is 0 Å². The van der Waals surface area contributed by atoms with Crippen molar-refractivity contribution in [2.24, 2.45) is 0 Å². The van der Waals surface area contributed by atoms with Gasteiger partial charge < -0.3 is 4.90 Å². The molecule has 1 aromatic heterocycles. The van der Waals surface area contributed by atoms with Gasteiger partial charge in [0.15, 0.2) is 0 Å². The van der Waals surface area contributed by atoms with E-state index < -0.39 is 10.8 Å². The van der Waals surface area contributed by atoms with Gasteiger partial charge >= 0.3 is 0 Å². The summed E-state index contributed by atoms with van der Waals surface area (Å²) in [5, 5.41) is 11.3. The number of carbonyl (C=O) groups is 1. The minimum absolute atomic E-state index is 0.0165. The predicted molar refractivity (Wildman–Crippen MR) is 80.8 cm³/mol. The van der Waals surface area contributed by atoms with E-state index in [1.807, 2.05) is 6.92 Å². The Balaban J connectivity index is 2.29. The Bertz CT molecular complexity index is 702. The fraction of sp³-hybridized carbons (Fsp3) is 0.231. The van der Waals surface area contributed by atoms with Gasteiger partial charge in [-0.05, 0) is 19.1 Å². The number of aryl methyl sites for hydroxylation is 1. The zero-order chi connectivity index (χ0) is 15.6. The van der Waals surface area contributed by atoms with Crippen molar-refractivity contribution in [1.82, 2.24) is 9.88 Å². The fourth-order valence-corrected chi connectivity index (χ4v) is 2.81. The summed E-state index contributed by atoms with van der Waals surface area (Å²) in [5.74, 6) is -0.447. The van der Waals surface area contributed by atoms with Crippen molar-refractivity contribution in [1.29, 1.82) is 0 Å². The number of rotatable bonds is 4. The fourth-order valence-electron chi connectivity index (χ4n) is 1.81. The van der Waals surface area contributed by atoms with E-state index in [1.54, 1.807) is 12.6 Å². The van der Waals surface area contributed by atoms with Gasteiger partial charge in [0.1, 0.15) is 5.56 Å². The van der Waals surface area contributed by atoms with Crippen LogP contribution in [0.5, 0.6) is 0 Å². The first kappa shape index (κ1) is 15.4. The first-order valence-corrected chi connectivity index (χ1v) is 7.24. The number of halogens is 1. The summed E-state index contributed by atoms with van der Waals surface area (Å²) in [4.78, 5) is 29.3. The van der Waals surface area contributed by atoms with Crippen LogP contribution in [0.1, 0.15) is 20.9 Å². The maximum absolute atomic E-state index is 12.4. The summed E-state index contributed by atoms with van der Waals surface area (Å²) >= 11 is 7.28. The Labute approximate surface area is 130 Å². The Kier molecular flexibility index (Phi) is 4.54. The molecule has 8 heteroatoms. The molecule has 0 unspecified atom stereocenters. The van der Waals surface area contributed by atoms with Crippen molar-refractivity contribution in [2.75, 3.05) is 7.05 Å². The molecule has 0 spiro atoms. The zero-order valence-corrected chi connectivity index (χ0v) is 12.9. The van der Waals surface area contributed by atoms with Gasteiger partial charge in [-0.1, -0.05) is 11.6 Å². The number of aromatic nitrogens is 1. The van der Waals surface area contributed by atoms with E-state index >= 15 is 0 Å². The van der Waals surface area contributed by atoms with Crippen LogP contribution in [0.25, 0.3) is 0 Å². The van der Waals surface area contributed by atoms with Crippen LogP contribution in [-0.4, -0.2) is 27.8 Å². The van der Waals surface area contributed by atoms with Gasteiger partial charge in [0.25, 0.3) is 11.6 Å². The molecule has 0 aliphatic rings. The summed E-state index contributed by atoms with van der Waals surface area (Å²) in [6.07, 6.45) is 0. The van der Waals surface area contributed by atoms with Gasteiger partial charge in [-0.15, -0.1) is 11.3 Å². The minimum Gasteiger partial charge on any atom is -0.336 e. The van der Waals surface area contributed by atoms with Crippen LogP contribution in [0, 0.1) is 17.0 Å². The molecule has 0 aliphatic carbocycles. The number of nitro benzene ring substituents is 1. The summed E-state index contributed by atoms with van der Waals surface area (Å²) < 4.78 is 0. The maximum atomic E-state index is 12.4. The molecule has 0 fully saturated rings. The third-order valence-corrected chi connectivity index (χ3v) is 4.11. The predicted octanol–water partition coefficient (Wildman–Crippen LogP) is 3.29. The number of hydrogen-bond donors (Lipinski definition) is 0. The van der Waals surface area contributed by atoms with Gasteiger partial charge in [0, 0.05) is 23.0 Å². The highest BCUT2D eigenvalue weighted by Crippen LogP contribution is 2.25.